The third-order valence-electron chi connectivity index (χ3n) is 3.02. The van der Waals surface area contributed by atoms with E-state index in [-0.39, 0.29) is 5.54 Å². The zero-order valence-corrected chi connectivity index (χ0v) is 11.5. The van der Waals surface area contributed by atoms with E-state index in [0.717, 1.165) is 11.6 Å². The van der Waals surface area contributed by atoms with E-state index in [1.807, 2.05) is 29.5 Å². The summed E-state index contributed by atoms with van der Waals surface area (Å²) in [6.07, 6.45) is 3.76. The average molecular weight is 250 g/mol. The summed E-state index contributed by atoms with van der Waals surface area (Å²) in [5.74, 6) is 0. The molecule has 0 fully saturated rings. The maximum Gasteiger partial charge on any atom is 0.112 e. The topological polar surface area (TPSA) is 42.7 Å². The lowest BCUT2D eigenvalue weighted by atomic mass is 10.1. The van der Waals surface area contributed by atoms with Crippen LogP contribution >= 0.6 is 11.3 Å². The molecule has 0 amide bonds. The number of rotatable bonds is 4. The summed E-state index contributed by atoms with van der Waals surface area (Å²) in [6, 6.07) is 0. The molecular formula is C12H18N4S. The first-order valence-corrected chi connectivity index (χ1v) is 6.51. The third kappa shape index (κ3) is 2.56. The molecule has 0 aromatic carbocycles. The van der Waals surface area contributed by atoms with E-state index in [1.165, 1.54) is 11.3 Å². The summed E-state index contributed by atoms with van der Waals surface area (Å²) in [5.41, 5.74) is 2.33. The SMILES string of the molecule is Cc1c(CNC(C)(C)c2nccs2)cnn1C. The Morgan fingerprint density at radius 3 is 2.76 bits per heavy atom. The zero-order chi connectivity index (χ0) is 12.5. The number of hydrogen-bond donors (Lipinski definition) is 1. The fourth-order valence-corrected chi connectivity index (χ4v) is 2.38. The van der Waals surface area contributed by atoms with Gasteiger partial charge in [0.25, 0.3) is 0 Å². The summed E-state index contributed by atoms with van der Waals surface area (Å²) in [7, 11) is 1.96. The number of nitrogens with zero attached hydrogens (tertiary/aromatic N) is 3. The van der Waals surface area contributed by atoms with Crippen molar-refractivity contribution in [3.63, 3.8) is 0 Å². The predicted octanol–water partition coefficient (Wildman–Crippen LogP) is 2.21. The summed E-state index contributed by atoms with van der Waals surface area (Å²) < 4.78 is 1.90. The van der Waals surface area contributed by atoms with Crippen molar-refractivity contribution in [3.8, 4) is 0 Å². The fraction of sp³-hybridized carbons (Fsp3) is 0.500. The first-order valence-electron chi connectivity index (χ1n) is 5.63. The molecule has 2 heterocycles. The maximum atomic E-state index is 4.36. The Morgan fingerprint density at radius 2 is 2.24 bits per heavy atom. The van der Waals surface area contributed by atoms with Crippen LogP contribution in [0.25, 0.3) is 0 Å². The van der Waals surface area contributed by atoms with Gasteiger partial charge in [0.2, 0.25) is 0 Å². The Labute approximate surface area is 106 Å². The maximum absolute atomic E-state index is 4.36. The highest BCUT2D eigenvalue weighted by Gasteiger charge is 2.22. The molecule has 17 heavy (non-hydrogen) atoms. The molecule has 0 radical (unpaired) electrons. The summed E-state index contributed by atoms with van der Waals surface area (Å²) >= 11 is 1.68. The molecular weight excluding hydrogens is 232 g/mol. The molecule has 0 aliphatic rings. The van der Waals surface area contributed by atoms with Gasteiger partial charge in [-0.2, -0.15) is 5.10 Å². The van der Waals surface area contributed by atoms with Gasteiger partial charge in [0.15, 0.2) is 0 Å². The molecule has 0 atom stereocenters. The Morgan fingerprint density at radius 1 is 1.47 bits per heavy atom. The molecule has 0 unspecified atom stereocenters. The quantitative estimate of drug-likeness (QED) is 0.904. The van der Waals surface area contributed by atoms with Crippen molar-refractivity contribution in [3.05, 3.63) is 34.0 Å². The number of thiazole rings is 1. The van der Waals surface area contributed by atoms with E-state index in [4.69, 9.17) is 0 Å². The third-order valence-corrected chi connectivity index (χ3v) is 4.12. The van der Waals surface area contributed by atoms with Gasteiger partial charge in [0.1, 0.15) is 5.01 Å². The van der Waals surface area contributed by atoms with Crippen LogP contribution in [0.2, 0.25) is 0 Å². The van der Waals surface area contributed by atoms with Gasteiger partial charge in [0.05, 0.1) is 11.7 Å². The van der Waals surface area contributed by atoms with Crippen molar-refractivity contribution in [1.82, 2.24) is 20.1 Å². The summed E-state index contributed by atoms with van der Waals surface area (Å²) in [4.78, 5) is 4.36. The molecule has 0 spiro atoms. The minimum absolute atomic E-state index is 0.101. The highest BCUT2D eigenvalue weighted by atomic mass is 32.1. The molecule has 2 aromatic rings. The highest BCUT2D eigenvalue weighted by Crippen LogP contribution is 2.22. The number of nitrogens with one attached hydrogen (secondary N) is 1. The molecule has 2 aromatic heterocycles. The Balaban J connectivity index is 2.05. The molecule has 92 valence electrons. The standard InChI is InChI=1S/C12H18N4S/c1-9-10(8-15-16(9)4)7-14-12(2,3)11-13-5-6-17-11/h5-6,8,14H,7H2,1-4H3. The van der Waals surface area contributed by atoms with Crippen molar-refractivity contribution in [1.29, 1.82) is 0 Å². The van der Waals surface area contributed by atoms with Crippen LogP contribution in [0.3, 0.4) is 0 Å². The Hall–Kier alpha value is -1.20. The van der Waals surface area contributed by atoms with Crippen molar-refractivity contribution in [2.75, 3.05) is 0 Å². The van der Waals surface area contributed by atoms with E-state index in [2.05, 4.69) is 36.2 Å². The van der Waals surface area contributed by atoms with Crippen molar-refractivity contribution >= 4 is 11.3 Å². The van der Waals surface area contributed by atoms with E-state index in [1.54, 1.807) is 11.3 Å². The number of hydrogen-bond acceptors (Lipinski definition) is 4. The van der Waals surface area contributed by atoms with Crippen molar-refractivity contribution in [2.45, 2.75) is 32.9 Å². The molecule has 2 rings (SSSR count). The van der Waals surface area contributed by atoms with Gasteiger partial charge in [-0.3, -0.25) is 4.68 Å². The normalized spacial score (nSPS) is 12.0. The largest absolute Gasteiger partial charge is 0.302 e. The first kappa shape index (κ1) is 12.3. The lowest BCUT2D eigenvalue weighted by Crippen LogP contribution is -2.35. The number of aromatic nitrogens is 3. The summed E-state index contributed by atoms with van der Waals surface area (Å²) in [5, 5.41) is 10.9. The predicted molar refractivity (Wildman–Crippen MR) is 69.9 cm³/mol. The average Bonchev–Trinajstić information content (AvgIpc) is 2.90. The van der Waals surface area contributed by atoms with Gasteiger partial charge in [-0.15, -0.1) is 11.3 Å². The molecule has 5 heteroatoms. The van der Waals surface area contributed by atoms with Crippen LogP contribution in [0.1, 0.15) is 30.1 Å². The van der Waals surface area contributed by atoms with Crippen LogP contribution in [0.4, 0.5) is 0 Å². The second kappa shape index (κ2) is 4.58. The van der Waals surface area contributed by atoms with E-state index in [0.29, 0.717) is 0 Å². The first-order chi connectivity index (χ1) is 8.00. The fourth-order valence-electron chi connectivity index (χ4n) is 1.64. The van der Waals surface area contributed by atoms with Crippen LogP contribution in [0.15, 0.2) is 17.8 Å². The minimum Gasteiger partial charge on any atom is -0.302 e. The molecule has 1 N–H and O–H groups in total. The second-order valence-electron chi connectivity index (χ2n) is 4.69. The zero-order valence-electron chi connectivity index (χ0n) is 10.7. The molecule has 0 saturated heterocycles. The minimum atomic E-state index is -0.101. The lowest BCUT2D eigenvalue weighted by molar-refractivity contribution is 0.399. The molecule has 4 nitrogen and oxygen atoms in total. The van der Waals surface area contributed by atoms with Crippen LogP contribution in [-0.4, -0.2) is 14.8 Å². The van der Waals surface area contributed by atoms with Gasteiger partial charge in [0, 0.05) is 36.4 Å². The van der Waals surface area contributed by atoms with Gasteiger partial charge in [-0.25, -0.2) is 4.98 Å². The van der Waals surface area contributed by atoms with Crippen LogP contribution in [-0.2, 0) is 19.1 Å². The molecule has 0 aliphatic heterocycles. The molecule has 0 bridgehead atoms. The highest BCUT2D eigenvalue weighted by molar-refractivity contribution is 7.09. The second-order valence-corrected chi connectivity index (χ2v) is 5.59. The van der Waals surface area contributed by atoms with Gasteiger partial charge >= 0.3 is 0 Å². The van der Waals surface area contributed by atoms with E-state index < -0.39 is 0 Å². The van der Waals surface area contributed by atoms with Crippen LogP contribution in [0.5, 0.6) is 0 Å². The lowest BCUT2D eigenvalue weighted by Gasteiger charge is -2.23. The van der Waals surface area contributed by atoms with Gasteiger partial charge in [-0.1, -0.05) is 0 Å². The molecule has 0 aliphatic carbocycles. The number of aryl methyl sites for hydroxylation is 1. The Bertz CT molecular complexity index is 485. The smallest absolute Gasteiger partial charge is 0.112 e. The molecule has 0 saturated carbocycles. The van der Waals surface area contributed by atoms with Crippen molar-refractivity contribution < 1.29 is 0 Å². The summed E-state index contributed by atoms with van der Waals surface area (Å²) in [6.45, 7) is 7.20. The van der Waals surface area contributed by atoms with Crippen LogP contribution in [0, 0.1) is 6.92 Å². The van der Waals surface area contributed by atoms with Crippen LogP contribution < -0.4 is 5.32 Å². The monoisotopic (exact) mass is 250 g/mol. The van der Waals surface area contributed by atoms with Gasteiger partial charge in [-0.05, 0) is 20.8 Å². The van der Waals surface area contributed by atoms with Gasteiger partial charge < -0.3 is 5.32 Å². The van der Waals surface area contributed by atoms with E-state index >= 15 is 0 Å². The van der Waals surface area contributed by atoms with Crippen molar-refractivity contribution in [2.24, 2.45) is 7.05 Å². The van der Waals surface area contributed by atoms with E-state index in [9.17, 15) is 0 Å². The Kier molecular flexibility index (Phi) is 3.31.